The van der Waals surface area contributed by atoms with Crippen molar-refractivity contribution in [2.45, 2.75) is 12.9 Å². The lowest BCUT2D eigenvalue weighted by Gasteiger charge is -2.08. The summed E-state index contributed by atoms with van der Waals surface area (Å²) in [6.07, 6.45) is -3.65. The van der Waals surface area contributed by atoms with Crippen molar-refractivity contribution in [2.24, 2.45) is 5.73 Å². The normalized spacial score (nSPS) is 10.9. The molecule has 0 aliphatic carbocycles. The summed E-state index contributed by atoms with van der Waals surface area (Å²) in [5, 5.41) is 2.23. The first-order valence-electron chi connectivity index (χ1n) is 4.11. The van der Waals surface area contributed by atoms with E-state index in [1.807, 2.05) is 0 Å². The number of alkyl halides is 3. The van der Waals surface area contributed by atoms with E-state index in [0.29, 0.717) is 5.56 Å². The number of nitrogens with zero attached hydrogens (tertiary/aromatic N) is 1. The van der Waals surface area contributed by atoms with Crippen LogP contribution in [0.4, 0.5) is 18.0 Å². The number of carbonyl (C=O) groups excluding carboxylic acids is 1. The predicted octanol–water partition coefficient (Wildman–Crippen LogP) is 1.15. The van der Waals surface area contributed by atoms with Crippen LogP contribution in [0.5, 0.6) is 5.88 Å². The largest absolute Gasteiger partial charge is 0.574 e. The lowest BCUT2D eigenvalue weighted by molar-refractivity contribution is -0.276. The third-order valence-electron chi connectivity index (χ3n) is 1.49. The molecule has 0 bridgehead atoms. The summed E-state index contributed by atoms with van der Waals surface area (Å²) >= 11 is 0. The van der Waals surface area contributed by atoms with Gasteiger partial charge in [0.15, 0.2) is 0 Å². The van der Waals surface area contributed by atoms with Gasteiger partial charge in [-0.05, 0) is 11.6 Å². The van der Waals surface area contributed by atoms with Gasteiger partial charge in [0.25, 0.3) is 0 Å². The molecule has 1 aromatic heterocycles. The fourth-order valence-corrected chi connectivity index (χ4v) is 0.924. The molecule has 0 unspecified atom stereocenters. The van der Waals surface area contributed by atoms with E-state index in [0.717, 1.165) is 12.3 Å². The summed E-state index contributed by atoms with van der Waals surface area (Å²) in [5.74, 6) is -0.587. The molecule has 1 heterocycles. The molecule has 3 N–H and O–H groups in total. The zero-order valence-electron chi connectivity index (χ0n) is 7.91. The number of urea groups is 1. The van der Waals surface area contributed by atoms with Crippen LogP contribution in [0.3, 0.4) is 0 Å². The SMILES string of the molecule is NC(=O)NCc1ccnc(OC(F)(F)F)c1. The number of nitrogens with one attached hydrogen (secondary N) is 1. The monoisotopic (exact) mass is 235 g/mol. The number of hydrogen-bond acceptors (Lipinski definition) is 3. The van der Waals surface area contributed by atoms with Crippen molar-refractivity contribution in [2.75, 3.05) is 0 Å². The van der Waals surface area contributed by atoms with Crippen LogP contribution in [0.15, 0.2) is 18.3 Å². The summed E-state index contributed by atoms with van der Waals surface area (Å²) in [6, 6.07) is 1.72. The Bertz CT molecular complexity index is 381. The Morgan fingerprint density at radius 1 is 1.56 bits per heavy atom. The van der Waals surface area contributed by atoms with E-state index in [1.54, 1.807) is 0 Å². The Hall–Kier alpha value is -1.99. The Labute approximate surface area is 88.4 Å². The van der Waals surface area contributed by atoms with Crippen molar-refractivity contribution in [3.05, 3.63) is 23.9 Å². The second-order valence-corrected chi connectivity index (χ2v) is 2.77. The lowest BCUT2D eigenvalue weighted by atomic mass is 10.2. The van der Waals surface area contributed by atoms with Crippen LogP contribution in [-0.2, 0) is 6.54 Å². The van der Waals surface area contributed by atoms with Gasteiger partial charge in [-0.25, -0.2) is 9.78 Å². The minimum atomic E-state index is -4.79. The fraction of sp³-hybridized carbons (Fsp3) is 0.250. The quantitative estimate of drug-likeness (QED) is 0.824. The van der Waals surface area contributed by atoms with Gasteiger partial charge >= 0.3 is 12.4 Å². The van der Waals surface area contributed by atoms with Crippen LogP contribution in [0.2, 0.25) is 0 Å². The van der Waals surface area contributed by atoms with Gasteiger partial charge in [-0.1, -0.05) is 0 Å². The Morgan fingerprint density at radius 3 is 2.81 bits per heavy atom. The molecule has 0 aliphatic heterocycles. The molecule has 0 fully saturated rings. The molecule has 0 saturated carbocycles. The molecule has 0 spiro atoms. The second kappa shape index (κ2) is 4.69. The summed E-state index contributed by atoms with van der Waals surface area (Å²) in [5.41, 5.74) is 5.20. The zero-order valence-corrected chi connectivity index (χ0v) is 7.91. The first kappa shape index (κ1) is 12.1. The Morgan fingerprint density at radius 2 is 2.25 bits per heavy atom. The van der Waals surface area contributed by atoms with Crippen molar-refractivity contribution >= 4 is 6.03 Å². The molecule has 0 aliphatic rings. The number of pyridine rings is 1. The second-order valence-electron chi connectivity index (χ2n) is 2.77. The van der Waals surface area contributed by atoms with E-state index in [9.17, 15) is 18.0 Å². The number of halogens is 3. The van der Waals surface area contributed by atoms with Gasteiger partial charge in [-0.15, -0.1) is 13.2 Å². The number of rotatable bonds is 3. The van der Waals surface area contributed by atoms with E-state index < -0.39 is 18.3 Å². The highest BCUT2D eigenvalue weighted by Crippen LogP contribution is 2.20. The summed E-state index contributed by atoms with van der Waals surface area (Å²) in [6.45, 7) is 0.00602. The van der Waals surface area contributed by atoms with Crippen molar-refractivity contribution in [1.29, 1.82) is 0 Å². The minimum absolute atomic E-state index is 0.00602. The molecular formula is C8H8F3N3O2. The van der Waals surface area contributed by atoms with Crippen molar-refractivity contribution < 1.29 is 22.7 Å². The number of ether oxygens (including phenoxy) is 1. The van der Waals surface area contributed by atoms with E-state index in [-0.39, 0.29) is 6.54 Å². The zero-order chi connectivity index (χ0) is 12.2. The number of aromatic nitrogens is 1. The molecule has 16 heavy (non-hydrogen) atoms. The van der Waals surface area contributed by atoms with Crippen LogP contribution < -0.4 is 15.8 Å². The number of nitrogens with two attached hydrogens (primary N) is 1. The molecule has 5 nitrogen and oxygen atoms in total. The fourth-order valence-electron chi connectivity index (χ4n) is 0.924. The highest BCUT2D eigenvalue weighted by molar-refractivity contribution is 5.71. The average molecular weight is 235 g/mol. The Balaban J connectivity index is 2.67. The van der Waals surface area contributed by atoms with Gasteiger partial charge in [0.05, 0.1) is 0 Å². The van der Waals surface area contributed by atoms with Gasteiger partial charge in [0.1, 0.15) is 0 Å². The van der Waals surface area contributed by atoms with Crippen LogP contribution in [-0.4, -0.2) is 17.4 Å². The molecular weight excluding hydrogens is 227 g/mol. The minimum Gasteiger partial charge on any atom is -0.388 e. The number of amides is 2. The lowest BCUT2D eigenvalue weighted by Crippen LogP contribution is -2.28. The van der Waals surface area contributed by atoms with Gasteiger partial charge in [0.2, 0.25) is 5.88 Å². The Kier molecular flexibility index (Phi) is 3.54. The van der Waals surface area contributed by atoms with Crippen molar-refractivity contribution in [1.82, 2.24) is 10.3 Å². The van der Waals surface area contributed by atoms with E-state index >= 15 is 0 Å². The third-order valence-corrected chi connectivity index (χ3v) is 1.49. The van der Waals surface area contributed by atoms with Crippen molar-refractivity contribution in [3.63, 3.8) is 0 Å². The van der Waals surface area contributed by atoms with Gasteiger partial charge in [0, 0.05) is 18.8 Å². The molecule has 0 aromatic carbocycles. The van der Waals surface area contributed by atoms with Crippen LogP contribution >= 0.6 is 0 Å². The maximum Gasteiger partial charge on any atom is 0.574 e. The smallest absolute Gasteiger partial charge is 0.388 e. The molecule has 1 rings (SSSR count). The van der Waals surface area contributed by atoms with Crippen LogP contribution in [0.25, 0.3) is 0 Å². The van der Waals surface area contributed by atoms with E-state index in [1.165, 1.54) is 6.07 Å². The van der Waals surface area contributed by atoms with Crippen LogP contribution in [0.1, 0.15) is 5.56 Å². The topological polar surface area (TPSA) is 77.2 Å². The molecule has 0 atom stereocenters. The predicted molar refractivity (Wildman–Crippen MR) is 47.3 cm³/mol. The highest BCUT2D eigenvalue weighted by Gasteiger charge is 2.31. The summed E-state index contributed by atoms with van der Waals surface area (Å²) in [7, 11) is 0. The van der Waals surface area contributed by atoms with E-state index in [2.05, 4.69) is 15.0 Å². The molecule has 8 heteroatoms. The average Bonchev–Trinajstić information content (AvgIpc) is 2.12. The molecule has 88 valence electrons. The molecule has 2 amide bonds. The summed E-state index contributed by atoms with van der Waals surface area (Å²) in [4.78, 5) is 13.7. The first-order chi connectivity index (χ1) is 7.37. The van der Waals surface area contributed by atoms with Gasteiger partial charge in [-0.3, -0.25) is 0 Å². The van der Waals surface area contributed by atoms with Crippen molar-refractivity contribution in [3.8, 4) is 5.88 Å². The maximum atomic E-state index is 11.8. The maximum absolute atomic E-state index is 11.8. The highest BCUT2D eigenvalue weighted by atomic mass is 19.4. The van der Waals surface area contributed by atoms with E-state index in [4.69, 9.17) is 5.73 Å². The molecule has 0 radical (unpaired) electrons. The number of carbonyl (C=O) groups is 1. The van der Waals surface area contributed by atoms with Crippen LogP contribution in [0, 0.1) is 0 Å². The standard InChI is InChI=1S/C8H8F3N3O2/c9-8(10,11)16-6-3-5(1-2-13-6)4-14-7(12)15/h1-3H,4H2,(H3,12,14,15). The van der Waals surface area contributed by atoms with Gasteiger partial charge in [-0.2, -0.15) is 0 Å². The molecule has 0 saturated heterocycles. The molecule has 1 aromatic rings. The first-order valence-corrected chi connectivity index (χ1v) is 4.11. The van der Waals surface area contributed by atoms with Gasteiger partial charge < -0.3 is 15.8 Å². The third kappa shape index (κ3) is 4.49. The number of primary amides is 1. The summed E-state index contributed by atoms with van der Waals surface area (Å²) < 4.78 is 39.1. The number of hydrogen-bond donors (Lipinski definition) is 2.